The van der Waals surface area contributed by atoms with Crippen LogP contribution in [0.2, 0.25) is 0 Å². The molecule has 1 aromatic carbocycles. The number of nitrogens with zero attached hydrogens (tertiary/aromatic N) is 2. The quantitative estimate of drug-likeness (QED) is 0.862. The molecule has 2 amide bonds. The molecular formula is C22H32N2O4. The Morgan fingerprint density at radius 2 is 1.71 bits per heavy atom. The van der Waals surface area contributed by atoms with Gasteiger partial charge < -0.3 is 14.7 Å². The molecule has 28 heavy (non-hydrogen) atoms. The monoisotopic (exact) mass is 388 g/mol. The van der Waals surface area contributed by atoms with Gasteiger partial charge in [-0.1, -0.05) is 30.3 Å². The summed E-state index contributed by atoms with van der Waals surface area (Å²) >= 11 is 0. The molecule has 2 fully saturated rings. The highest BCUT2D eigenvalue weighted by atomic mass is 16.6. The van der Waals surface area contributed by atoms with E-state index in [2.05, 4.69) is 0 Å². The molecule has 0 aliphatic carbocycles. The van der Waals surface area contributed by atoms with Crippen LogP contribution in [0.1, 0.15) is 58.1 Å². The number of carbonyl (C=O) groups is 2. The molecule has 6 heteroatoms. The minimum absolute atomic E-state index is 0.0102. The lowest BCUT2D eigenvalue weighted by molar-refractivity contribution is -0.138. The molecule has 6 nitrogen and oxygen atoms in total. The first kappa shape index (κ1) is 20.6. The number of carbonyl (C=O) groups excluding carboxylic acids is 2. The van der Waals surface area contributed by atoms with Crippen molar-refractivity contribution in [2.75, 3.05) is 19.6 Å². The van der Waals surface area contributed by atoms with Crippen molar-refractivity contribution in [3.05, 3.63) is 35.9 Å². The summed E-state index contributed by atoms with van der Waals surface area (Å²) in [4.78, 5) is 28.9. The zero-order valence-corrected chi connectivity index (χ0v) is 17.1. The molecule has 2 aliphatic heterocycles. The third kappa shape index (κ3) is 4.85. The standard InChI is InChI=1S/C22H32N2O4/c1-22(2,3)28-21(27)24-13-7-10-18(24)20(26)23-14-11-17(12-15-23)19(25)16-8-5-4-6-9-16/h4-6,8-9,17-19,25H,7,10-15H2,1-3H3/t18-,19?/m0/s1. The summed E-state index contributed by atoms with van der Waals surface area (Å²) in [6, 6.07) is 9.27. The molecule has 2 atom stereocenters. The second-order valence-corrected chi connectivity index (χ2v) is 8.85. The number of ether oxygens (including phenoxy) is 1. The van der Waals surface area contributed by atoms with E-state index in [9.17, 15) is 14.7 Å². The van der Waals surface area contributed by atoms with Gasteiger partial charge in [-0.05, 0) is 57.9 Å². The van der Waals surface area contributed by atoms with Crippen LogP contribution < -0.4 is 0 Å². The average molecular weight is 389 g/mol. The normalized spacial score (nSPS) is 22.2. The van der Waals surface area contributed by atoms with E-state index in [1.807, 2.05) is 56.0 Å². The van der Waals surface area contributed by atoms with Crippen molar-refractivity contribution in [3.8, 4) is 0 Å². The van der Waals surface area contributed by atoms with Crippen molar-refractivity contribution in [1.82, 2.24) is 9.80 Å². The fraction of sp³-hybridized carbons (Fsp3) is 0.636. The van der Waals surface area contributed by atoms with E-state index in [1.54, 1.807) is 4.90 Å². The fourth-order valence-electron chi connectivity index (χ4n) is 4.13. The molecule has 1 aromatic rings. The highest BCUT2D eigenvalue weighted by Crippen LogP contribution is 2.32. The third-order valence-electron chi connectivity index (χ3n) is 5.60. The highest BCUT2D eigenvalue weighted by Gasteiger charge is 2.39. The van der Waals surface area contributed by atoms with E-state index in [1.165, 1.54) is 0 Å². The van der Waals surface area contributed by atoms with Gasteiger partial charge in [0.2, 0.25) is 5.91 Å². The summed E-state index contributed by atoms with van der Waals surface area (Å²) in [5.74, 6) is 0.160. The largest absolute Gasteiger partial charge is 0.444 e. The highest BCUT2D eigenvalue weighted by molar-refractivity contribution is 5.86. The molecule has 0 spiro atoms. The molecule has 2 aliphatic rings. The van der Waals surface area contributed by atoms with E-state index >= 15 is 0 Å². The molecule has 2 saturated heterocycles. The van der Waals surface area contributed by atoms with Gasteiger partial charge in [-0.3, -0.25) is 9.69 Å². The Morgan fingerprint density at radius 3 is 2.32 bits per heavy atom. The van der Waals surface area contributed by atoms with E-state index in [-0.39, 0.29) is 11.8 Å². The minimum atomic E-state index is -0.570. The lowest BCUT2D eigenvalue weighted by atomic mass is 9.87. The van der Waals surface area contributed by atoms with E-state index in [4.69, 9.17) is 4.74 Å². The maximum atomic E-state index is 13.0. The first-order chi connectivity index (χ1) is 13.3. The van der Waals surface area contributed by atoms with Crippen LogP contribution in [0.15, 0.2) is 30.3 Å². The zero-order valence-electron chi connectivity index (χ0n) is 17.1. The minimum Gasteiger partial charge on any atom is -0.444 e. The molecule has 0 saturated carbocycles. The van der Waals surface area contributed by atoms with Gasteiger partial charge in [-0.2, -0.15) is 0 Å². The SMILES string of the molecule is CC(C)(C)OC(=O)N1CCC[C@H]1C(=O)N1CCC(C(O)c2ccccc2)CC1. The second kappa shape index (κ2) is 8.52. The van der Waals surface area contributed by atoms with Crippen LogP contribution in [-0.2, 0) is 9.53 Å². The van der Waals surface area contributed by atoms with Crippen LogP contribution in [0.4, 0.5) is 4.79 Å². The molecule has 1 unspecified atom stereocenters. The number of likely N-dealkylation sites (tertiary alicyclic amines) is 2. The van der Waals surface area contributed by atoms with Crippen molar-refractivity contribution in [2.45, 2.75) is 64.2 Å². The predicted molar refractivity (Wildman–Crippen MR) is 107 cm³/mol. The van der Waals surface area contributed by atoms with Gasteiger partial charge in [0, 0.05) is 19.6 Å². The zero-order chi connectivity index (χ0) is 20.3. The molecule has 2 heterocycles. The summed E-state index contributed by atoms with van der Waals surface area (Å²) in [5, 5.41) is 10.6. The number of aliphatic hydroxyl groups is 1. The number of hydrogen-bond acceptors (Lipinski definition) is 4. The van der Waals surface area contributed by atoms with Crippen LogP contribution in [0, 0.1) is 5.92 Å². The van der Waals surface area contributed by atoms with Gasteiger partial charge in [0.05, 0.1) is 6.10 Å². The Bertz CT molecular complexity index is 678. The molecular weight excluding hydrogens is 356 g/mol. The molecule has 0 aromatic heterocycles. The van der Waals surface area contributed by atoms with Crippen molar-refractivity contribution < 1.29 is 19.4 Å². The Labute approximate surface area is 167 Å². The van der Waals surface area contributed by atoms with Gasteiger partial charge in [0.1, 0.15) is 11.6 Å². The van der Waals surface area contributed by atoms with Crippen LogP contribution in [0.5, 0.6) is 0 Å². The third-order valence-corrected chi connectivity index (χ3v) is 5.60. The number of benzene rings is 1. The van der Waals surface area contributed by atoms with Crippen molar-refractivity contribution >= 4 is 12.0 Å². The smallest absolute Gasteiger partial charge is 0.410 e. The summed E-state index contributed by atoms with van der Waals surface area (Å²) in [6.45, 7) is 7.30. The first-order valence-electron chi connectivity index (χ1n) is 10.3. The lowest BCUT2D eigenvalue weighted by Crippen LogP contribution is -2.51. The van der Waals surface area contributed by atoms with Crippen molar-refractivity contribution in [2.24, 2.45) is 5.92 Å². The number of hydrogen-bond donors (Lipinski definition) is 1. The van der Waals surface area contributed by atoms with Gasteiger partial charge in [0.25, 0.3) is 0 Å². The number of amides is 2. The van der Waals surface area contributed by atoms with Gasteiger partial charge >= 0.3 is 6.09 Å². The van der Waals surface area contributed by atoms with Gasteiger partial charge in [-0.25, -0.2) is 4.79 Å². The average Bonchev–Trinajstić information content (AvgIpc) is 3.16. The Balaban J connectivity index is 1.56. The summed E-state index contributed by atoms with van der Waals surface area (Å²) in [7, 11) is 0. The summed E-state index contributed by atoms with van der Waals surface area (Å²) in [6.07, 6.45) is 2.13. The summed E-state index contributed by atoms with van der Waals surface area (Å²) in [5.41, 5.74) is 0.360. The van der Waals surface area contributed by atoms with E-state index in [0.29, 0.717) is 26.1 Å². The fourth-order valence-corrected chi connectivity index (χ4v) is 4.13. The second-order valence-electron chi connectivity index (χ2n) is 8.85. The maximum Gasteiger partial charge on any atom is 0.410 e. The molecule has 3 rings (SSSR count). The number of piperidine rings is 1. The number of rotatable bonds is 3. The lowest BCUT2D eigenvalue weighted by Gasteiger charge is -2.37. The molecule has 0 bridgehead atoms. The Hall–Kier alpha value is -2.08. The van der Waals surface area contributed by atoms with E-state index in [0.717, 1.165) is 24.8 Å². The topological polar surface area (TPSA) is 70.1 Å². The van der Waals surface area contributed by atoms with Crippen LogP contribution in [0.3, 0.4) is 0 Å². The van der Waals surface area contributed by atoms with E-state index < -0.39 is 23.8 Å². The molecule has 1 N–H and O–H groups in total. The predicted octanol–water partition coefficient (Wildman–Crippen LogP) is 3.36. The summed E-state index contributed by atoms with van der Waals surface area (Å²) < 4.78 is 5.47. The molecule has 0 radical (unpaired) electrons. The molecule has 154 valence electrons. The van der Waals surface area contributed by atoms with Crippen LogP contribution in [-0.4, -0.2) is 58.2 Å². The van der Waals surface area contributed by atoms with Crippen LogP contribution >= 0.6 is 0 Å². The Morgan fingerprint density at radius 1 is 1.07 bits per heavy atom. The van der Waals surface area contributed by atoms with Gasteiger partial charge in [-0.15, -0.1) is 0 Å². The van der Waals surface area contributed by atoms with Gasteiger partial charge in [0.15, 0.2) is 0 Å². The Kier molecular flexibility index (Phi) is 6.28. The number of aliphatic hydroxyl groups excluding tert-OH is 1. The maximum absolute atomic E-state index is 13.0. The van der Waals surface area contributed by atoms with Crippen molar-refractivity contribution in [3.63, 3.8) is 0 Å². The van der Waals surface area contributed by atoms with Crippen LogP contribution in [0.25, 0.3) is 0 Å². The first-order valence-corrected chi connectivity index (χ1v) is 10.3. The van der Waals surface area contributed by atoms with Crippen molar-refractivity contribution in [1.29, 1.82) is 0 Å².